The van der Waals surface area contributed by atoms with Crippen molar-refractivity contribution in [1.82, 2.24) is 14.5 Å². The summed E-state index contributed by atoms with van der Waals surface area (Å²) in [5.74, 6) is -1.05. The minimum Gasteiger partial charge on any atom is -0.303 e. The first-order chi connectivity index (χ1) is 16.6. The SMILES string of the molecule is Cc1cccc([C@@H]2[C@@H](NS(C)(=O)=O)[C@@H](C)C(=O)N2c2ccc3c(cnn3-c3ccc(F)cc3)c2)c1. The van der Waals surface area contributed by atoms with Gasteiger partial charge in [-0.25, -0.2) is 22.2 Å². The first kappa shape index (κ1) is 23.2. The number of hydrogen-bond donors (Lipinski definition) is 1. The standard InChI is InChI=1S/C26H25FN4O3S/c1-16-5-4-6-18(13-16)25-24(29-35(3,33)34)17(2)26(32)30(25)22-11-12-23-19(14-22)15-28-31(23)21-9-7-20(27)8-10-21/h4-15,17,24-25,29H,1-3H3/t17-,24+,25-/m1/s1. The van der Waals surface area contributed by atoms with Crippen molar-refractivity contribution >= 4 is 32.5 Å². The number of hydrogen-bond acceptors (Lipinski definition) is 4. The number of nitrogens with zero attached hydrogens (tertiary/aromatic N) is 3. The Kier molecular flexibility index (Phi) is 5.69. The van der Waals surface area contributed by atoms with Gasteiger partial charge in [-0.2, -0.15) is 5.10 Å². The molecule has 35 heavy (non-hydrogen) atoms. The van der Waals surface area contributed by atoms with Gasteiger partial charge in [0.25, 0.3) is 0 Å². The van der Waals surface area contributed by atoms with Crippen LogP contribution < -0.4 is 9.62 Å². The van der Waals surface area contributed by atoms with E-state index in [2.05, 4.69) is 9.82 Å². The van der Waals surface area contributed by atoms with Crippen molar-refractivity contribution in [3.05, 3.63) is 89.9 Å². The van der Waals surface area contributed by atoms with Gasteiger partial charge in [0.1, 0.15) is 5.82 Å². The Hall–Kier alpha value is -3.56. The van der Waals surface area contributed by atoms with Crippen molar-refractivity contribution in [1.29, 1.82) is 0 Å². The fourth-order valence-electron chi connectivity index (χ4n) is 4.81. The zero-order valence-electron chi connectivity index (χ0n) is 19.5. The topological polar surface area (TPSA) is 84.3 Å². The van der Waals surface area contributed by atoms with Crippen LogP contribution >= 0.6 is 0 Å². The van der Waals surface area contributed by atoms with Gasteiger partial charge in [-0.3, -0.25) is 4.79 Å². The summed E-state index contributed by atoms with van der Waals surface area (Å²) in [5.41, 5.74) is 4.04. The number of anilines is 1. The van der Waals surface area contributed by atoms with Gasteiger partial charge in [-0.05, 0) is 55.0 Å². The second-order valence-electron chi connectivity index (χ2n) is 9.05. The number of aryl methyl sites for hydroxylation is 1. The maximum absolute atomic E-state index is 13.5. The highest BCUT2D eigenvalue weighted by Crippen LogP contribution is 2.41. The minimum atomic E-state index is -3.55. The summed E-state index contributed by atoms with van der Waals surface area (Å²) in [6.45, 7) is 3.71. The van der Waals surface area contributed by atoms with Gasteiger partial charge in [0, 0.05) is 11.1 Å². The molecule has 2 heterocycles. The summed E-state index contributed by atoms with van der Waals surface area (Å²) < 4.78 is 42.1. The molecular formula is C26H25FN4O3S. The molecule has 0 radical (unpaired) electrons. The van der Waals surface area contributed by atoms with Crippen LogP contribution in [-0.2, 0) is 14.8 Å². The molecule has 9 heteroatoms. The molecule has 0 spiro atoms. The van der Waals surface area contributed by atoms with E-state index in [-0.39, 0.29) is 11.7 Å². The molecule has 0 saturated carbocycles. The highest BCUT2D eigenvalue weighted by molar-refractivity contribution is 7.88. The van der Waals surface area contributed by atoms with Crippen LogP contribution in [0.15, 0.2) is 72.9 Å². The van der Waals surface area contributed by atoms with Crippen LogP contribution in [0.1, 0.15) is 24.1 Å². The average molecular weight is 493 g/mol. The molecule has 1 N–H and O–H groups in total. The Morgan fingerprint density at radius 2 is 1.71 bits per heavy atom. The Morgan fingerprint density at radius 1 is 1.00 bits per heavy atom. The summed E-state index contributed by atoms with van der Waals surface area (Å²) in [7, 11) is -3.55. The normalized spacial score (nSPS) is 20.6. The number of aromatic nitrogens is 2. The van der Waals surface area contributed by atoms with Gasteiger partial charge in [0.2, 0.25) is 15.9 Å². The highest BCUT2D eigenvalue weighted by atomic mass is 32.2. The Bertz CT molecular complexity index is 1530. The monoisotopic (exact) mass is 492 g/mol. The second-order valence-corrected chi connectivity index (χ2v) is 10.8. The van der Waals surface area contributed by atoms with Crippen LogP contribution in [0, 0.1) is 18.7 Å². The fourth-order valence-corrected chi connectivity index (χ4v) is 5.64. The quantitative estimate of drug-likeness (QED) is 0.454. The third-order valence-electron chi connectivity index (χ3n) is 6.42. The Balaban J connectivity index is 1.61. The first-order valence-electron chi connectivity index (χ1n) is 11.2. The number of carbonyl (C=O) groups is 1. The van der Waals surface area contributed by atoms with Gasteiger partial charge in [-0.1, -0.05) is 36.8 Å². The molecule has 1 amide bonds. The molecular weight excluding hydrogens is 467 g/mol. The van der Waals surface area contributed by atoms with E-state index in [1.807, 2.05) is 49.4 Å². The van der Waals surface area contributed by atoms with Gasteiger partial charge >= 0.3 is 0 Å². The zero-order chi connectivity index (χ0) is 24.9. The summed E-state index contributed by atoms with van der Waals surface area (Å²) in [4.78, 5) is 15.2. The Labute approximate surface area is 203 Å². The molecule has 3 aromatic carbocycles. The van der Waals surface area contributed by atoms with E-state index in [0.717, 1.165) is 34.0 Å². The molecule has 1 saturated heterocycles. The van der Waals surface area contributed by atoms with Gasteiger partial charge in [-0.15, -0.1) is 0 Å². The van der Waals surface area contributed by atoms with Crippen LogP contribution in [0.5, 0.6) is 0 Å². The van der Waals surface area contributed by atoms with Crippen LogP contribution in [0.3, 0.4) is 0 Å². The molecule has 0 bridgehead atoms. The van der Waals surface area contributed by atoms with E-state index in [4.69, 9.17) is 0 Å². The lowest BCUT2D eigenvalue weighted by Crippen LogP contribution is -2.41. The third-order valence-corrected chi connectivity index (χ3v) is 7.12. The first-order valence-corrected chi connectivity index (χ1v) is 13.1. The van der Waals surface area contributed by atoms with Crippen molar-refractivity contribution in [2.45, 2.75) is 25.9 Å². The van der Waals surface area contributed by atoms with Crippen molar-refractivity contribution in [3.63, 3.8) is 0 Å². The molecule has 1 fully saturated rings. The summed E-state index contributed by atoms with van der Waals surface area (Å²) in [6.07, 6.45) is 2.80. The van der Waals surface area contributed by atoms with Gasteiger partial charge in [0.05, 0.1) is 41.7 Å². The number of amides is 1. The number of halogens is 1. The van der Waals surface area contributed by atoms with Crippen molar-refractivity contribution in [2.24, 2.45) is 5.92 Å². The minimum absolute atomic E-state index is 0.164. The maximum Gasteiger partial charge on any atom is 0.232 e. The molecule has 3 atom stereocenters. The van der Waals surface area contributed by atoms with E-state index in [0.29, 0.717) is 5.69 Å². The van der Waals surface area contributed by atoms with E-state index < -0.39 is 28.0 Å². The smallest absolute Gasteiger partial charge is 0.232 e. The largest absolute Gasteiger partial charge is 0.303 e. The van der Waals surface area contributed by atoms with E-state index in [1.165, 1.54) is 12.1 Å². The number of benzene rings is 3. The van der Waals surface area contributed by atoms with Crippen molar-refractivity contribution in [2.75, 3.05) is 11.2 Å². The lowest BCUT2D eigenvalue weighted by Gasteiger charge is -2.29. The van der Waals surface area contributed by atoms with E-state index in [9.17, 15) is 17.6 Å². The van der Waals surface area contributed by atoms with Gasteiger partial charge < -0.3 is 4.90 Å². The average Bonchev–Trinajstić information content (AvgIpc) is 3.33. The number of carbonyl (C=O) groups excluding carboxylic acids is 1. The predicted molar refractivity (Wildman–Crippen MR) is 133 cm³/mol. The molecule has 1 aliphatic heterocycles. The van der Waals surface area contributed by atoms with Crippen molar-refractivity contribution in [3.8, 4) is 5.69 Å². The molecule has 0 unspecified atom stereocenters. The molecule has 1 aromatic heterocycles. The fraction of sp³-hybridized carbons (Fsp3) is 0.231. The molecule has 5 rings (SSSR count). The van der Waals surface area contributed by atoms with Gasteiger partial charge in [0.15, 0.2) is 0 Å². The predicted octanol–water partition coefficient (Wildman–Crippen LogP) is 4.11. The van der Waals surface area contributed by atoms with E-state index in [1.54, 1.807) is 34.8 Å². The number of sulfonamides is 1. The number of nitrogens with one attached hydrogen (secondary N) is 1. The molecule has 4 aromatic rings. The molecule has 0 aliphatic carbocycles. The van der Waals surface area contributed by atoms with Crippen LogP contribution in [-0.4, -0.2) is 36.4 Å². The summed E-state index contributed by atoms with van der Waals surface area (Å²) in [6, 6.07) is 18.2. The molecule has 180 valence electrons. The number of rotatable bonds is 5. The zero-order valence-corrected chi connectivity index (χ0v) is 20.3. The second kappa shape index (κ2) is 8.58. The summed E-state index contributed by atoms with van der Waals surface area (Å²) in [5, 5.41) is 5.25. The third kappa shape index (κ3) is 4.33. The lowest BCUT2D eigenvalue weighted by atomic mass is 9.94. The van der Waals surface area contributed by atoms with Crippen molar-refractivity contribution < 1.29 is 17.6 Å². The highest BCUT2D eigenvalue weighted by Gasteiger charge is 2.48. The van der Waals surface area contributed by atoms with Crippen LogP contribution in [0.25, 0.3) is 16.6 Å². The molecule has 7 nitrogen and oxygen atoms in total. The lowest BCUT2D eigenvalue weighted by molar-refractivity contribution is -0.120. The number of fused-ring (bicyclic) bond motifs is 1. The Morgan fingerprint density at radius 3 is 2.40 bits per heavy atom. The summed E-state index contributed by atoms with van der Waals surface area (Å²) >= 11 is 0. The van der Waals surface area contributed by atoms with E-state index >= 15 is 0 Å². The van der Waals surface area contributed by atoms with Crippen LogP contribution in [0.4, 0.5) is 10.1 Å². The maximum atomic E-state index is 13.5. The van der Waals surface area contributed by atoms with Crippen LogP contribution in [0.2, 0.25) is 0 Å². The molecule has 1 aliphatic rings.